The van der Waals surface area contributed by atoms with Crippen LogP contribution in [0.3, 0.4) is 0 Å². The highest BCUT2D eigenvalue weighted by Crippen LogP contribution is 2.34. The van der Waals surface area contributed by atoms with Gasteiger partial charge in [-0.1, -0.05) is 73.2 Å². The van der Waals surface area contributed by atoms with Gasteiger partial charge in [0.25, 0.3) is 0 Å². The lowest BCUT2D eigenvalue weighted by Crippen LogP contribution is -2.34. The van der Waals surface area contributed by atoms with Gasteiger partial charge in [-0.25, -0.2) is 0 Å². The van der Waals surface area contributed by atoms with Crippen LogP contribution < -0.4 is 9.64 Å². The van der Waals surface area contributed by atoms with Crippen LogP contribution in [0.4, 0.5) is 5.69 Å². The van der Waals surface area contributed by atoms with Gasteiger partial charge in [-0.05, 0) is 75.5 Å². The van der Waals surface area contributed by atoms with Crippen LogP contribution in [0.2, 0.25) is 0 Å². The molecule has 1 heterocycles. The summed E-state index contributed by atoms with van der Waals surface area (Å²) in [5, 5.41) is 0. The zero-order chi connectivity index (χ0) is 23.1. The number of nitrogens with zero attached hydrogens (tertiary/aromatic N) is 2. The first-order valence-electron chi connectivity index (χ1n) is 12.4. The molecule has 3 aromatic carbocycles. The van der Waals surface area contributed by atoms with Crippen molar-refractivity contribution >= 4 is 5.69 Å². The minimum atomic E-state index is -0.207. The summed E-state index contributed by atoms with van der Waals surface area (Å²) in [6.07, 6.45) is 4.70. The second kappa shape index (κ2) is 10.9. The third-order valence-electron chi connectivity index (χ3n) is 6.59. The smallest absolute Gasteiger partial charge is 0.143 e. The van der Waals surface area contributed by atoms with E-state index < -0.39 is 0 Å². The van der Waals surface area contributed by atoms with E-state index in [1.54, 1.807) is 0 Å². The number of fused-ring (bicyclic) bond motifs is 1. The lowest BCUT2D eigenvalue weighted by molar-refractivity contribution is 0.0876. The van der Waals surface area contributed by atoms with E-state index in [9.17, 15) is 0 Å². The summed E-state index contributed by atoms with van der Waals surface area (Å²) < 4.78 is 6.62. The zero-order valence-corrected chi connectivity index (χ0v) is 20.5. The van der Waals surface area contributed by atoms with Crippen LogP contribution in [0.25, 0.3) is 11.1 Å². The summed E-state index contributed by atoms with van der Waals surface area (Å²) in [6, 6.07) is 28.2. The van der Waals surface area contributed by atoms with Crippen molar-refractivity contribution in [3.63, 3.8) is 0 Å². The molecule has 0 N–H and O–H groups in total. The van der Waals surface area contributed by atoms with Crippen LogP contribution in [-0.4, -0.2) is 37.2 Å². The van der Waals surface area contributed by atoms with Crippen molar-refractivity contribution in [2.45, 2.75) is 51.7 Å². The predicted molar refractivity (Wildman–Crippen MR) is 140 cm³/mol. The Hall–Kier alpha value is -2.78. The maximum atomic E-state index is 6.62. The molecule has 0 amide bonds. The van der Waals surface area contributed by atoms with E-state index in [0.717, 1.165) is 38.3 Å². The van der Waals surface area contributed by atoms with Gasteiger partial charge in [-0.2, -0.15) is 0 Å². The number of hydrogen-bond donors (Lipinski definition) is 0. The molecule has 0 bridgehead atoms. The van der Waals surface area contributed by atoms with E-state index in [-0.39, 0.29) is 5.60 Å². The average molecular weight is 443 g/mol. The molecule has 33 heavy (non-hydrogen) atoms. The lowest BCUT2D eigenvalue weighted by Gasteiger charge is -2.32. The number of benzene rings is 3. The zero-order valence-electron chi connectivity index (χ0n) is 20.5. The molecule has 4 rings (SSSR count). The van der Waals surface area contributed by atoms with Gasteiger partial charge in [0.05, 0.1) is 5.69 Å². The Morgan fingerprint density at radius 2 is 1.39 bits per heavy atom. The van der Waals surface area contributed by atoms with E-state index in [0.29, 0.717) is 0 Å². The number of hydrogen-bond acceptors (Lipinski definition) is 3. The van der Waals surface area contributed by atoms with Gasteiger partial charge in [-0.15, -0.1) is 0 Å². The van der Waals surface area contributed by atoms with E-state index in [1.807, 2.05) is 0 Å². The van der Waals surface area contributed by atoms with Gasteiger partial charge in [0, 0.05) is 19.6 Å². The van der Waals surface area contributed by atoms with Gasteiger partial charge >= 0.3 is 0 Å². The molecule has 1 aliphatic rings. The molecule has 0 saturated carbocycles. The molecular formula is C30H38N2O. The van der Waals surface area contributed by atoms with Crippen LogP contribution in [0.15, 0.2) is 78.9 Å². The molecule has 0 saturated heterocycles. The van der Waals surface area contributed by atoms with E-state index in [2.05, 4.69) is 110 Å². The number of para-hydroxylation sites is 2. The Morgan fingerprint density at radius 3 is 2.18 bits per heavy atom. The van der Waals surface area contributed by atoms with Crippen LogP contribution in [0, 0.1) is 0 Å². The van der Waals surface area contributed by atoms with Gasteiger partial charge in [0.15, 0.2) is 0 Å². The van der Waals surface area contributed by atoms with Gasteiger partial charge < -0.3 is 14.5 Å². The normalized spacial score (nSPS) is 17.7. The molecule has 0 radical (unpaired) electrons. The quantitative estimate of drug-likeness (QED) is 0.433. The highest BCUT2D eigenvalue weighted by molar-refractivity contribution is 5.64. The Balaban J connectivity index is 1.58. The highest BCUT2D eigenvalue weighted by Gasteiger charge is 2.23. The maximum absolute atomic E-state index is 6.62. The molecule has 0 unspecified atom stereocenters. The van der Waals surface area contributed by atoms with Crippen molar-refractivity contribution in [1.29, 1.82) is 0 Å². The minimum Gasteiger partial charge on any atom is -0.486 e. The third kappa shape index (κ3) is 6.61. The molecule has 3 aromatic rings. The molecule has 0 aliphatic carbocycles. The standard InChI is InChI=1S/C30H38N2O/c1-30(2)20-23-31(3)21-10-5-11-22-32(28-14-8-9-15-29(28)33-30)24-25-16-18-27(19-17-25)26-12-6-4-7-13-26/h4,6-9,12-19H,5,10-11,20-24H2,1-3H3. The van der Waals surface area contributed by atoms with E-state index >= 15 is 0 Å². The number of ether oxygens (including phenoxy) is 1. The average Bonchev–Trinajstić information content (AvgIpc) is 2.83. The lowest BCUT2D eigenvalue weighted by atomic mass is 10.0. The first kappa shape index (κ1) is 23.4. The molecule has 0 spiro atoms. The topological polar surface area (TPSA) is 15.7 Å². The van der Waals surface area contributed by atoms with Crippen LogP contribution >= 0.6 is 0 Å². The maximum Gasteiger partial charge on any atom is 0.143 e. The van der Waals surface area contributed by atoms with E-state index in [1.165, 1.54) is 41.6 Å². The molecule has 0 fully saturated rings. The summed E-state index contributed by atoms with van der Waals surface area (Å²) in [4.78, 5) is 4.95. The minimum absolute atomic E-state index is 0.207. The molecule has 3 nitrogen and oxygen atoms in total. The number of anilines is 1. The Bertz CT molecular complexity index is 997. The first-order chi connectivity index (χ1) is 16.0. The number of rotatable bonds is 3. The van der Waals surface area contributed by atoms with Crippen molar-refractivity contribution in [2.24, 2.45) is 0 Å². The van der Waals surface area contributed by atoms with Gasteiger partial charge in [-0.3, -0.25) is 0 Å². The Kier molecular flexibility index (Phi) is 7.72. The molecule has 1 aliphatic heterocycles. The Morgan fingerprint density at radius 1 is 0.727 bits per heavy atom. The monoisotopic (exact) mass is 442 g/mol. The summed E-state index contributed by atoms with van der Waals surface area (Å²) in [7, 11) is 2.23. The second-order valence-electron chi connectivity index (χ2n) is 9.93. The summed E-state index contributed by atoms with van der Waals surface area (Å²) in [5.74, 6) is 0.991. The molecule has 3 heteroatoms. The van der Waals surface area contributed by atoms with E-state index in [4.69, 9.17) is 4.74 Å². The predicted octanol–water partition coefficient (Wildman–Crippen LogP) is 7.02. The highest BCUT2D eigenvalue weighted by atomic mass is 16.5. The molecule has 0 aromatic heterocycles. The van der Waals surface area contributed by atoms with Crippen molar-refractivity contribution in [2.75, 3.05) is 31.6 Å². The van der Waals surface area contributed by atoms with Crippen molar-refractivity contribution in [1.82, 2.24) is 4.90 Å². The summed E-state index contributed by atoms with van der Waals surface area (Å²) in [6.45, 7) is 8.56. The van der Waals surface area contributed by atoms with Crippen molar-refractivity contribution < 1.29 is 4.74 Å². The first-order valence-corrected chi connectivity index (χ1v) is 12.4. The molecule has 174 valence electrons. The fourth-order valence-electron chi connectivity index (χ4n) is 4.52. The third-order valence-corrected chi connectivity index (χ3v) is 6.59. The second-order valence-corrected chi connectivity index (χ2v) is 9.93. The summed E-state index contributed by atoms with van der Waals surface area (Å²) >= 11 is 0. The van der Waals surface area contributed by atoms with Gasteiger partial charge in [0.2, 0.25) is 0 Å². The fraction of sp³-hybridized carbons (Fsp3) is 0.400. The molecular weight excluding hydrogens is 404 g/mol. The summed E-state index contributed by atoms with van der Waals surface area (Å²) in [5.41, 5.74) is 4.84. The fourth-order valence-corrected chi connectivity index (χ4v) is 4.52. The Labute approximate surface area is 200 Å². The van der Waals surface area contributed by atoms with Crippen LogP contribution in [0.1, 0.15) is 45.1 Å². The van der Waals surface area contributed by atoms with Crippen LogP contribution in [-0.2, 0) is 6.54 Å². The van der Waals surface area contributed by atoms with Crippen molar-refractivity contribution in [3.8, 4) is 16.9 Å². The van der Waals surface area contributed by atoms with Crippen LogP contribution in [0.5, 0.6) is 5.75 Å². The largest absolute Gasteiger partial charge is 0.486 e. The SMILES string of the molecule is CN1CCCCCN(Cc2ccc(-c3ccccc3)cc2)c2ccccc2OC(C)(C)CC1. The van der Waals surface area contributed by atoms with Crippen molar-refractivity contribution in [3.05, 3.63) is 84.4 Å². The molecule has 0 atom stereocenters. The van der Waals surface area contributed by atoms with Gasteiger partial charge in [0.1, 0.15) is 11.4 Å².